The first-order valence-electron chi connectivity index (χ1n) is 15.5. The van der Waals surface area contributed by atoms with E-state index in [4.69, 9.17) is 32.7 Å². The molecular formula is C33H44Cl2N6O4Si. The molecule has 1 saturated heterocycles. The number of carbonyl (C=O) groups excluding carboxylic acids is 2. The fourth-order valence-electron chi connectivity index (χ4n) is 5.00. The van der Waals surface area contributed by atoms with E-state index < -0.39 is 19.8 Å². The zero-order valence-corrected chi connectivity index (χ0v) is 29.9. The number of amides is 2. The van der Waals surface area contributed by atoms with E-state index in [0.29, 0.717) is 36.1 Å². The summed E-state index contributed by atoms with van der Waals surface area (Å²) in [6, 6.07) is 14.8. The van der Waals surface area contributed by atoms with Gasteiger partial charge in [0.1, 0.15) is 10.6 Å². The molecule has 46 heavy (non-hydrogen) atoms. The number of nitrogens with one attached hydrogen (secondary N) is 3. The standard InChI is InChI=1S/C33H44Cl2N6O4Si/c1-33(2,3)45-32(43)38-24-9-7-8-22(18-24)10-11-23-19-25(37-29-27(34)20-36-30(35)40-29)12-13-28(23)41-15-14-26(21-41)39-31(42)44-16-17-46(4,5)6/h7-9,12-13,18-20,26H,10-11,14-17,21H2,1-6H3,(H,38,43)(H,39,42)(H,36,37,40). The summed E-state index contributed by atoms with van der Waals surface area (Å²) >= 11 is 12.3. The van der Waals surface area contributed by atoms with Gasteiger partial charge in [-0.05, 0) is 99.1 Å². The van der Waals surface area contributed by atoms with E-state index in [-0.39, 0.29) is 17.4 Å². The SMILES string of the molecule is CC(C)(C)OC(=O)Nc1cccc(CCc2cc(Nc3nc(Cl)ncc3Cl)ccc2N2CCC(NC(=O)OCC[Si](C)(C)C)C2)c1. The highest BCUT2D eigenvalue weighted by molar-refractivity contribution is 6.76. The molecule has 0 bridgehead atoms. The third-order valence-corrected chi connectivity index (χ3v) is 9.41. The van der Waals surface area contributed by atoms with E-state index >= 15 is 0 Å². The largest absolute Gasteiger partial charge is 0.450 e. The van der Waals surface area contributed by atoms with Crippen LogP contribution < -0.4 is 20.9 Å². The summed E-state index contributed by atoms with van der Waals surface area (Å²) in [7, 11) is -1.28. The Morgan fingerprint density at radius 3 is 2.57 bits per heavy atom. The summed E-state index contributed by atoms with van der Waals surface area (Å²) < 4.78 is 10.9. The van der Waals surface area contributed by atoms with Crippen LogP contribution in [0.2, 0.25) is 36.0 Å². The Morgan fingerprint density at radius 2 is 1.83 bits per heavy atom. The number of rotatable bonds is 11. The van der Waals surface area contributed by atoms with Crippen LogP contribution >= 0.6 is 23.2 Å². The van der Waals surface area contributed by atoms with Gasteiger partial charge in [-0.3, -0.25) is 5.32 Å². The summed E-state index contributed by atoms with van der Waals surface area (Å²) in [5.41, 5.74) is 4.13. The molecule has 2 aromatic carbocycles. The van der Waals surface area contributed by atoms with Gasteiger partial charge in [0, 0.05) is 38.2 Å². The Hall–Kier alpha value is -3.54. The van der Waals surface area contributed by atoms with E-state index in [2.05, 4.69) is 62.6 Å². The predicted molar refractivity (Wildman–Crippen MR) is 189 cm³/mol. The van der Waals surface area contributed by atoms with Gasteiger partial charge in [-0.2, -0.15) is 4.98 Å². The molecule has 3 N–H and O–H groups in total. The fraction of sp³-hybridized carbons (Fsp3) is 0.455. The molecule has 2 amide bonds. The number of halogens is 2. The molecule has 0 saturated carbocycles. The summed E-state index contributed by atoms with van der Waals surface area (Å²) in [5, 5.41) is 9.59. The number of aryl methyl sites for hydroxylation is 2. The van der Waals surface area contributed by atoms with Gasteiger partial charge in [0.05, 0.1) is 18.8 Å². The average molecular weight is 688 g/mol. The summed E-state index contributed by atoms with van der Waals surface area (Å²) in [4.78, 5) is 35.2. The molecule has 4 rings (SSSR count). The van der Waals surface area contributed by atoms with Crippen molar-refractivity contribution in [3.8, 4) is 0 Å². The minimum absolute atomic E-state index is 0.0115. The van der Waals surface area contributed by atoms with Crippen molar-refractivity contribution in [3.63, 3.8) is 0 Å². The Kier molecular flexibility index (Phi) is 11.8. The molecule has 248 valence electrons. The van der Waals surface area contributed by atoms with Crippen molar-refractivity contribution in [3.05, 3.63) is 70.1 Å². The van der Waals surface area contributed by atoms with E-state index in [9.17, 15) is 9.59 Å². The predicted octanol–water partition coefficient (Wildman–Crippen LogP) is 8.30. The van der Waals surface area contributed by atoms with Crippen LogP contribution in [0.5, 0.6) is 0 Å². The molecule has 1 unspecified atom stereocenters. The van der Waals surface area contributed by atoms with E-state index in [1.165, 1.54) is 6.20 Å². The minimum Gasteiger partial charge on any atom is -0.450 e. The third-order valence-electron chi connectivity index (χ3n) is 7.25. The zero-order chi connectivity index (χ0) is 33.5. The second kappa shape index (κ2) is 15.4. The monoisotopic (exact) mass is 686 g/mol. The number of aromatic nitrogens is 2. The van der Waals surface area contributed by atoms with Gasteiger partial charge in [0.25, 0.3) is 0 Å². The van der Waals surface area contributed by atoms with Crippen molar-refractivity contribution in [2.24, 2.45) is 0 Å². The van der Waals surface area contributed by atoms with Crippen molar-refractivity contribution in [2.75, 3.05) is 35.2 Å². The molecule has 1 aliphatic heterocycles. The van der Waals surface area contributed by atoms with Crippen molar-refractivity contribution in [1.82, 2.24) is 15.3 Å². The molecular weight excluding hydrogens is 643 g/mol. The second-order valence-corrected chi connectivity index (χ2v) is 20.0. The molecule has 1 aliphatic rings. The quantitative estimate of drug-likeness (QED) is 0.136. The molecule has 13 heteroatoms. The molecule has 1 fully saturated rings. The van der Waals surface area contributed by atoms with Crippen LogP contribution in [0.15, 0.2) is 48.7 Å². The molecule has 1 aromatic heterocycles. The van der Waals surface area contributed by atoms with Gasteiger partial charge in [-0.15, -0.1) is 0 Å². The number of hydrogen-bond donors (Lipinski definition) is 3. The molecule has 2 heterocycles. The first kappa shape index (κ1) is 35.3. The lowest BCUT2D eigenvalue weighted by Gasteiger charge is -2.24. The van der Waals surface area contributed by atoms with Crippen LogP contribution in [-0.2, 0) is 22.3 Å². The first-order valence-corrected chi connectivity index (χ1v) is 19.9. The Balaban J connectivity index is 1.48. The number of benzene rings is 2. The number of carbonyl (C=O) groups is 2. The lowest BCUT2D eigenvalue weighted by Crippen LogP contribution is -2.38. The molecule has 0 spiro atoms. The smallest absolute Gasteiger partial charge is 0.412 e. The zero-order valence-electron chi connectivity index (χ0n) is 27.4. The van der Waals surface area contributed by atoms with Crippen LogP contribution in [0.25, 0.3) is 0 Å². The highest BCUT2D eigenvalue weighted by Crippen LogP contribution is 2.31. The normalized spacial score (nSPS) is 15.0. The van der Waals surface area contributed by atoms with Crippen LogP contribution in [0.1, 0.15) is 38.3 Å². The minimum atomic E-state index is -1.28. The molecule has 1 atom stereocenters. The van der Waals surface area contributed by atoms with E-state index in [1.54, 1.807) is 0 Å². The van der Waals surface area contributed by atoms with E-state index in [0.717, 1.165) is 47.9 Å². The van der Waals surface area contributed by atoms with Gasteiger partial charge in [0.15, 0.2) is 5.82 Å². The number of ether oxygens (including phenoxy) is 2. The number of nitrogens with zero attached hydrogens (tertiary/aromatic N) is 3. The number of alkyl carbamates (subject to hydrolysis) is 1. The molecule has 0 aliphatic carbocycles. The maximum absolute atomic E-state index is 12.5. The Labute approximate surface area is 282 Å². The molecule has 10 nitrogen and oxygen atoms in total. The Bertz CT molecular complexity index is 1530. The lowest BCUT2D eigenvalue weighted by molar-refractivity contribution is 0.0636. The maximum Gasteiger partial charge on any atom is 0.412 e. The Morgan fingerprint density at radius 1 is 1.04 bits per heavy atom. The maximum atomic E-state index is 12.5. The summed E-state index contributed by atoms with van der Waals surface area (Å²) in [6.07, 6.45) is 2.86. The highest BCUT2D eigenvalue weighted by atomic mass is 35.5. The number of hydrogen-bond acceptors (Lipinski definition) is 8. The third kappa shape index (κ3) is 11.4. The van der Waals surface area contributed by atoms with Crippen LogP contribution in [0.3, 0.4) is 0 Å². The van der Waals surface area contributed by atoms with Crippen LogP contribution in [-0.4, -0.2) is 61.6 Å². The lowest BCUT2D eigenvalue weighted by atomic mass is 10.0. The van der Waals surface area contributed by atoms with Crippen LogP contribution in [0, 0.1) is 0 Å². The van der Waals surface area contributed by atoms with Crippen molar-refractivity contribution in [2.45, 2.75) is 77.4 Å². The van der Waals surface area contributed by atoms with Crippen molar-refractivity contribution >= 4 is 66.3 Å². The summed E-state index contributed by atoms with van der Waals surface area (Å²) in [6.45, 7) is 14.2. The van der Waals surface area contributed by atoms with E-state index in [1.807, 2.05) is 51.1 Å². The van der Waals surface area contributed by atoms with Gasteiger partial charge in [-0.1, -0.05) is 43.4 Å². The van der Waals surface area contributed by atoms with Gasteiger partial charge >= 0.3 is 12.2 Å². The average Bonchev–Trinajstić information content (AvgIpc) is 3.40. The van der Waals surface area contributed by atoms with Gasteiger partial charge < -0.3 is 25.0 Å². The topological polar surface area (TPSA) is 118 Å². The molecule has 3 aromatic rings. The fourth-order valence-corrected chi connectivity index (χ4v) is 5.99. The van der Waals surface area contributed by atoms with Gasteiger partial charge in [-0.25, -0.2) is 14.6 Å². The number of anilines is 4. The molecule has 0 radical (unpaired) electrons. The van der Waals surface area contributed by atoms with Crippen molar-refractivity contribution < 1.29 is 19.1 Å². The van der Waals surface area contributed by atoms with Crippen LogP contribution in [0.4, 0.5) is 32.5 Å². The van der Waals surface area contributed by atoms with Crippen molar-refractivity contribution in [1.29, 1.82) is 0 Å². The highest BCUT2D eigenvalue weighted by Gasteiger charge is 2.26. The summed E-state index contributed by atoms with van der Waals surface area (Å²) in [5.74, 6) is 0.416. The van der Waals surface area contributed by atoms with Gasteiger partial charge in [0.2, 0.25) is 5.28 Å². The first-order chi connectivity index (χ1) is 21.6. The second-order valence-electron chi connectivity index (χ2n) is 13.7.